The maximum absolute atomic E-state index is 5.27. The molecule has 2 nitrogen and oxygen atoms in total. The van der Waals surface area contributed by atoms with Gasteiger partial charge >= 0.3 is 0 Å². The van der Waals surface area contributed by atoms with Crippen molar-refractivity contribution in [3.8, 4) is 11.5 Å². The van der Waals surface area contributed by atoms with Crippen LogP contribution in [-0.2, 0) is 0 Å². The van der Waals surface area contributed by atoms with E-state index in [0.29, 0.717) is 13.2 Å². The summed E-state index contributed by atoms with van der Waals surface area (Å²) < 4.78 is 10.5. The third kappa shape index (κ3) is 0.923. The number of hydrogen-bond acceptors (Lipinski definition) is 2. The summed E-state index contributed by atoms with van der Waals surface area (Å²) in [5, 5.41) is 0. The summed E-state index contributed by atoms with van der Waals surface area (Å²) in [5.41, 5.74) is 0. The molecular formula is C8H8O2. The quantitative estimate of drug-likeness (QED) is 0.537. The van der Waals surface area contributed by atoms with Gasteiger partial charge in [0.15, 0.2) is 0 Å². The van der Waals surface area contributed by atoms with E-state index in [1.165, 1.54) is 0 Å². The van der Waals surface area contributed by atoms with E-state index < -0.39 is 0 Å². The van der Waals surface area contributed by atoms with Crippen molar-refractivity contribution >= 4 is 0 Å². The molecule has 0 amide bonds. The molecule has 52 valence electrons. The average molecular weight is 136 g/mol. The third-order valence-electron chi connectivity index (χ3n) is 1.44. The molecule has 0 aliphatic carbocycles. The number of hydrogen-bond donors (Lipinski definition) is 0. The Bertz CT molecular complexity index is 190. The normalized spacial score (nSPS) is 14.8. The Balaban J connectivity index is 2.40. The molecule has 2 heteroatoms. The number of ether oxygens (including phenoxy) is 2. The van der Waals surface area contributed by atoms with Crippen molar-refractivity contribution in [2.24, 2.45) is 0 Å². The van der Waals surface area contributed by atoms with Gasteiger partial charge in [-0.2, -0.15) is 0 Å². The summed E-state index contributed by atoms with van der Waals surface area (Å²) >= 11 is 0. The zero-order valence-electron chi connectivity index (χ0n) is 5.54. The maximum atomic E-state index is 5.27. The second-order valence-electron chi connectivity index (χ2n) is 2.17. The standard InChI is InChI=1S/C8H8O2/c1-2-8-4-3-7(1)9-5-6-10-8/h1-4H,5-6H2. The van der Waals surface area contributed by atoms with Crippen LogP contribution in [0.5, 0.6) is 11.5 Å². The zero-order chi connectivity index (χ0) is 6.81. The molecule has 10 heavy (non-hydrogen) atoms. The summed E-state index contributed by atoms with van der Waals surface area (Å²) in [4.78, 5) is 0. The first kappa shape index (κ1) is 5.59. The van der Waals surface area contributed by atoms with Gasteiger partial charge in [0.05, 0.1) is 0 Å². The molecule has 2 heterocycles. The van der Waals surface area contributed by atoms with E-state index in [0.717, 1.165) is 11.5 Å². The van der Waals surface area contributed by atoms with Gasteiger partial charge in [0, 0.05) is 0 Å². The summed E-state index contributed by atoms with van der Waals surface area (Å²) in [6, 6.07) is 7.64. The first-order valence-electron chi connectivity index (χ1n) is 3.31. The van der Waals surface area contributed by atoms with E-state index >= 15 is 0 Å². The van der Waals surface area contributed by atoms with Gasteiger partial charge in [-0.1, -0.05) is 0 Å². The molecule has 1 aromatic rings. The summed E-state index contributed by atoms with van der Waals surface area (Å²) in [5.74, 6) is 1.85. The minimum atomic E-state index is 0.646. The fourth-order valence-electron chi connectivity index (χ4n) is 0.951. The van der Waals surface area contributed by atoms with E-state index in [1.54, 1.807) is 0 Å². The van der Waals surface area contributed by atoms with Crippen LogP contribution in [0.1, 0.15) is 0 Å². The Morgan fingerprint density at radius 2 is 1.20 bits per heavy atom. The first-order chi connectivity index (χ1) is 4.95. The SMILES string of the molecule is c1cc2ccc1OCCO2. The predicted octanol–water partition coefficient (Wildman–Crippen LogP) is 1.46. The van der Waals surface area contributed by atoms with Gasteiger partial charge in [0.25, 0.3) is 0 Å². The van der Waals surface area contributed by atoms with Crippen LogP contribution in [0.4, 0.5) is 0 Å². The molecule has 0 atom stereocenters. The van der Waals surface area contributed by atoms with Crippen molar-refractivity contribution in [3.05, 3.63) is 24.3 Å². The van der Waals surface area contributed by atoms with E-state index in [-0.39, 0.29) is 0 Å². The average Bonchev–Trinajstić information content (AvgIpc) is 1.89. The highest BCUT2D eigenvalue weighted by Crippen LogP contribution is 2.19. The Hall–Kier alpha value is -1.18. The van der Waals surface area contributed by atoms with Crippen LogP contribution in [0.3, 0.4) is 0 Å². The van der Waals surface area contributed by atoms with Gasteiger partial charge in [-0.15, -0.1) is 0 Å². The van der Waals surface area contributed by atoms with Crippen LogP contribution in [-0.4, -0.2) is 13.2 Å². The Morgan fingerprint density at radius 3 is 1.60 bits per heavy atom. The van der Waals surface area contributed by atoms with Gasteiger partial charge in [0.1, 0.15) is 24.7 Å². The van der Waals surface area contributed by atoms with E-state index in [2.05, 4.69) is 0 Å². The lowest BCUT2D eigenvalue weighted by molar-refractivity contribution is 0.209. The number of fused-ring (bicyclic) bond motifs is 5. The number of rotatable bonds is 0. The van der Waals surface area contributed by atoms with Crippen LogP contribution in [0.15, 0.2) is 24.3 Å². The van der Waals surface area contributed by atoms with E-state index in [4.69, 9.17) is 9.47 Å². The molecule has 2 aliphatic rings. The highest BCUT2D eigenvalue weighted by atomic mass is 16.5. The molecule has 3 rings (SSSR count). The van der Waals surface area contributed by atoms with Gasteiger partial charge in [0.2, 0.25) is 0 Å². The van der Waals surface area contributed by atoms with Gasteiger partial charge in [-0.3, -0.25) is 0 Å². The maximum Gasteiger partial charge on any atom is 0.122 e. The van der Waals surface area contributed by atoms with Crippen molar-refractivity contribution in [1.82, 2.24) is 0 Å². The molecule has 2 bridgehead atoms. The molecule has 0 spiro atoms. The monoisotopic (exact) mass is 136 g/mol. The Labute approximate surface area is 59.4 Å². The smallest absolute Gasteiger partial charge is 0.122 e. The zero-order valence-corrected chi connectivity index (χ0v) is 5.54. The first-order valence-corrected chi connectivity index (χ1v) is 3.31. The highest BCUT2D eigenvalue weighted by Gasteiger charge is 2.00. The molecule has 0 saturated heterocycles. The van der Waals surface area contributed by atoms with Gasteiger partial charge in [-0.25, -0.2) is 0 Å². The molecule has 0 unspecified atom stereocenters. The molecule has 0 N–H and O–H groups in total. The van der Waals surface area contributed by atoms with Crippen LogP contribution >= 0.6 is 0 Å². The Kier molecular flexibility index (Phi) is 1.24. The highest BCUT2D eigenvalue weighted by molar-refractivity contribution is 5.31. The molecular weight excluding hydrogens is 128 g/mol. The van der Waals surface area contributed by atoms with Crippen LogP contribution < -0.4 is 9.47 Å². The van der Waals surface area contributed by atoms with Crippen molar-refractivity contribution in [2.45, 2.75) is 0 Å². The topological polar surface area (TPSA) is 18.5 Å². The van der Waals surface area contributed by atoms with Crippen molar-refractivity contribution in [1.29, 1.82) is 0 Å². The van der Waals surface area contributed by atoms with E-state index in [1.807, 2.05) is 24.3 Å². The predicted molar refractivity (Wildman–Crippen MR) is 37.4 cm³/mol. The van der Waals surface area contributed by atoms with Crippen molar-refractivity contribution in [2.75, 3.05) is 13.2 Å². The van der Waals surface area contributed by atoms with Gasteiger partial charge in [-0.05, 0) is 24.3 Å². The van der Waals surface area contributed by atoms with Crippen molar-refractivity contribution in [3.63, 3.8) is 0 Å². The second-order valence-corrected chi connectivity index (χ2v) is 2.17. The fraction of sp³-hybridized carbons (Fsp3) is 0.250. The molecule has 0 aromatic heterocycles. The summed E-state index contributed by atoms with van der Waals surface area (Å²) in [6.45, 7) is 1.29. The fourth-order valence-corrected chi connectivity index (χ4v) is 0.951. The lowest BCUT2D eigenvalue weighted by Gasteiger charge is -2.12. The van der Waals surface area contributed by atoms with Crippen LogP contribution in [0, 0.1) is 0 Å². The van der Waals surface area contributed by atoms with Gasteiger partial charge < -0.3 is 9.47 Å². The lowest BCUT2D eigenvalue weighted by Crippen LogP contribution is -2.11. The lowest BCUT2D eigenvalue weighted by atomic mass is 10.3. The minimum absolute atomic E-state index is 0.646. The summed E-state index contributed by atoms with van der Waals surface area (Å²) in [6.07, 6.45) is 0. The Morgan fingerprint density at radius 1 is 0.800 bits per heavy atom. The van der Waals surface area contributed by atoms with E-state index in [9.17, 15) is 0 Å². The third-order valence-corrected chi connectivity index (χ3v) is 1.44. The molecule has 2 aliphatic heterocycles. The molecule has 0 radical (unpaired) electrons. The molecule has 0 fully saturated rings. The van der Waals surface area contributed by atoms with Crippen LogP contribution in [0.2, 0.25) is 0 Å². The van der Waals surface area contributed by atoms with Crippen molar-refractivity contribution < 1.29 is 9.47 Å². The molecule has 1 aromatic carbocycles. The number of benzene rings is 1. The second kappa shape index (κ2) is 2.21. The largest absolute Gasteiger partial charge is 0.490 e. The summed E-state index contributed by atoms with van der Waals surface area (Å²) in [7, 11) is 0. The minimum Gasteiger partial charge on any atom is -0.490 e. The van der Waals surface area contributed by atoms with Crippen LogP contribution in [0.25, 0.3) is 0 Å². The molecule has 0 saturated carbocycles.